The minimum Gasteiger partial charge on any atom is -0.372 e. The molecule has 6 nitrogen and oxygen atoms in total. The lowest BCUT2D eigenvalue weighted by Gasteiger charge is -2.41. The number of ether oxygens (including phenoxy) is 2. The first-order valence-electron chi connectivity index (χ1n) is 8.88. The molecular formula is C18H24Cl2N2O4. The molecule has 0 unspecified atom stereocenters. The Kier molecular flexibility index (Phi) is 5.68. The van der Waals surface area contributed by atoms with Crippen LogP contribution in [0.25, 0.3) is 0 Å². The molecule has 8 heteroatoms. The third-order valence-corrected chi connectivity index (χ3v) is 5.42. The number of morpholine rings is 2. The molecule has 26 heavy (non-hydrogen) atoms. The zero-order valence-corrected chi connectivity index (χ0v) is 16.9. The van der Waals surface area contributed by atoms with Crippen molar-refractivity contribution in [2.75, 3.05) is 26.2 Å². The van der Waals surface area contributed by atoms with Gasteiger partial charge < -0.3 is 19.3 Å². The van der Waals surface area contributed by atoms with Crippen LogP contribution in [0.2, 0.25) is 0 Å². The predicted octanol–water partition coefficient (Wildman–Crippen LogP) is 2.26. The zero-order valence-electron chi connectivity index (χ0n) is 15.4. The first kappa shape index (κ1) is 19.7. The standard InChI is InChI=1S/C18H24Cl2N2O4/c1-9-5-21(6-10(2)25-9)15-13(19)18(24)16(14(20)17(15)23)22-7-11(3)26-12(4)8-22/h9-12H,5-8H2,1-4H3/t9-,10-,11-,12+/m0/s1. The van der Waals surface area contributed by atoms with Gasteiger partial charge in [-0.1, -0.05) is 23.2 Å². The van der Waals surface area contributed by atoms with Crippen molar-refractivity contribution in [3.63, 3.8) is 0 Å². The van der Waals surface area contributed by atoms with E-state index in [0.717, 1.165) is 0 Å². The Hall–Kier alpha value is -1.08. The van der Waals surface area contributed by atoms with E-state index in [1.54, 1.807) is 0 Å². The Bertz CT molecular complexity index is 613. The molecule has 1 aliphatic carbocycles. The molecule has 0 aromatic carbocycles. The summed E-state index contributed by atoms with van der Waals surface area (Å²) in [6, 6.07) is 0. The van der Waals surface area contributed by atoms with E-state index in [2.05, 4.69) is 0 Å². The van der Waals surface area contributed by atoms with Gasteiger partial charge in [0, 0.05) is 26.2 Å². The molecule has 2 aliphatic heterocycles. The topological polar surface area (TPSA) is 59.1 Å². The van der Waals surface area contributed by atoms with Crippen LogP contribution in [-0.2, 0) is 19.1 Å². The quantitative estimate of drug-likeness (QED) is 0.660. The predicted molar refractivity (Wildman–Crippen MR) is 98.9 cm³/mol. The minimum absolute atomic E-state index is 0.0660. The van der Waals surface area contributed by atoms with Crippen LogP contribution in [0.1, 0.15) is 27.7 Å². The van der Waals surface area contributed by atoms with Gasteiger partial charge in [0.05, 0.1) is 24.4 Å². The van der Waals surface area contributed by atoms with Crippen LogP contribution in [-0.4, -0.2) is 72.0 Å². The number of carbonyl (C=O) groups excluding carboxylic acids is 2. The molecule has 2 fully saturated rings. The van der Waals surface area contributed by atoms with Crippen molar-refractivity contribution in [1.82, 2.24) is 9.80 Å². The van der Waals surface area contributed by atoms with Crippen molar-refractivity contribution >= 4 is 34.8 Å². The number of carbonyl (C=O) groups is 2. The van der Waals surface area contributed by atoms with Gasteiger partial charge in [-0.2, -0.15) is 0 Å². The number of ketones is 2. The lowest BCUT2D eigenvalue weighted by atomic mass is 10.0. The van der Waals surface area contributed by atoms with Crippen LogP contribution in [0.5, 0.6) is 0 Å². The van der Waals surface area contributed by atoms with Gasteiger partial charge in [-0.3, -0.25) is 9.59 Å². The third-order valence-electron chi connectivity index (χ3n) is 4.72. The highest BCUT2D eigenvalue weighted by Crippen LogP contribution is 2.35. The molecule has 3 aliphatic rings. The van der Waals surface area contributed by atoms with Crippen molar-refractivity contribution in [2.45, 2.75) is 52.1 Å². The average Bonchev–Trinajstić information content (AvgIpc) is 2.51. The maximum absolute atomic E-state index is 13.0. The Labute approximate surface area is 163 Å². The van der Waals surface area contributed by atoms with Crippen LogP contribution in [0, 0.1) is 0 Å². The van der Waals surface area contributed by atoms with Gasteiger partial charge in [0.15, 0.2) is 0 Å². The van der Waals surface area contributed by atoms with E-state index in [-0.39, 0.29) is 45.9 Å². The number of hydrogen-bond acceptors (Lipinski definition) is 6. The summed E-state index contributed by atoms with van der Waals surface area (Å²) in [4.78, 5) is 29.6. The van der Waals surface area contributed by atoms with E-state index in [1.165, 1.54) is 0 Å². The van der Waals surface area contributed by atoms with E-state index in [0.29, 0.717) is 26.2 Å². The van der Waals surface area contributed by atoms with Crippen molar-refractivity contribution in [3.8, 4) is 0 Å². The van der Waals surface area contributed by atoms with Gasteiger partial charge in [-0.05, 0) is 27.7 Å². The number of Topliss-reactive ketones (excluding diaryl/α,β-unsaturated/α-hetero) is 2. The SMILES string of the molecule is C[C@@H]1CN(C2=C(Cl)C(=O)C(N3C[C@H](C)O[C@@H](C)C3)=C(Cl)C2=O)C[C@H](C)O1. The smallest absolute Gasteiger partial charge is 0.224 e. The van der Waals surface area contributed by atoms with Gasteiger partial charge in [0.1, 0.15) is 21.5 Å². The van der Waals surface area contributed by atoms with E-state index >= 15 is 0 Å². The van der Waals surface area contributed by atoms with Crippen LogP contribution in [0.4, 0.5) is 0 Å². The maximum atomic E-state index is 13.0. The molecule has 144 valence electrons. The summed E-state index contributed by atoms with van der Waals surface area (Å²) < 4.78 is 11.4. The minimum atomic E-state index is -0.403. The summed E-state index contributed by atoms with van der Waals surface area (Å²) in [7, 11) is 0. The highest BCUT2D eigenvalue weighted by Gasteiger charge is 2.41. The molecule has 2 heterocycles. The summed E-state index contributed by atoms with van der Waals surface area (Å²) in [6.07, 6.45) is -0.264. The Morgan fingerprint density at radius 3 is 1.23 bits per heavy atom. The van der Waals surface area contributed by atoms with Crippen molar-refractivity contribution in [3.05, 3.63) is 21.5 Å². The first-order valence-corrected chi connectivity index (χ1v) is 9.64. The lowest BCUT2D eigenvalue weighted by Crippen LogP contribution is -2.50. The van der Waals surface area contributed by atoms with Crippen LogP contribution >= 0.6 is 23.2 Å². The molecule has 3 rings (SSSR count). The molecular weight excluding hydrogens is 379 g/mol. The fourth-order valence-corrected chi connectivity index (χ4v) is 4.50. The summed E-state index contributed by atoms with van der Waals surface area (Å²) in [5.41, 5.74) is 0.364. The largest absolute Gasteiger partial charge is 0.372 e. The van der Waals surface area contributed by atoms with Gasteiger partial charge in [-0.25, -0.2) is 0 Å². The molecule has 2 saturated heterocycles. The van der Waals surface area contributed by atoms with Gasteiger partial charge >= 0.3 is 0 Å². The monoisotopic (exact) mass is 402 g/mol. The summed E-state index contributed by atoms with van der Waals surface area (Å²) >= 11 is 12.8. The second-order valence-electron chi connectivity index (χ2n) is 7.31. The highest BCUT2D eigenvalue weighted by atomic mass is 35.5. The molecule has 0 radical (unpaired) electrons. The Balaban J connectivity index is 1.92. The summed E-state index contributed by atoms with van der Waals surface area (Å²) in [5.74, 6) is -0.807. The number of allylic oxidation sites excluding steroid dienone is 2. The van der Waals surface area contributed by atoms with Crippen molar-refractivity contribution in [1.29, 1.82) is 0 Å². The molecule has 0 aromatic rings. The molecule has 0 amide bonds. The fourth-order valence-electron chi connectivity index (χ4n) is 3.91. The molecule has 0 saturated carbocycles. The summed E-state index contributed by atoms with van der Waals surface area (Å²) in [6.45, 7) is 9.63. The average molecular weight is 403 g/mol. The number of hydrogen-bond donors (Lipinski definition) is 0. The van der Waals surface area contributed by atoms with Crippen molar-refractivity contribution in [2.24, 2.45) is 0 Å². The third kappa shape index (κ3) is 3.65. The van der Waals surface area contributed by atoms with E-state index < -0.39 is 11.6 Å². The molecule has 0 spiro atoms. The van der Waals surface area contributed by atoms with E-state index in [9.17, 15) is 9.59 Å². The fraction of sp³-hybridized carbons (Fsp3) is 0.667. The number of halogens is 2. The lowest BCUT2D eigenvalue weighted by molar-refractivity contribution is -0.121. The second-order valence-corrected chi connectivity index (χ2v) is 8.06. The Morgan fingerprint density at radius 1 is 0.692 bits per heavy atom. The molecule has 0 N–H and O–H groups in total. The summed E-state index contributed by atoms with van der Waals surface area (Å²) in [5, 5.41) is -0.134. The van der Waals surface area contributed by atoms with Gasteiger partial charge in [0.25, 0.3) is 0 Å². The molecule has 0 aromatic heterocycles. The van der Waals surface area contributed by atoms with Gasteiger partial charge in [0.2, 0.25) is 11.6 Å². The first-order chi connectivity index (χ1) is 12.2. The maximum Gasteiger partial charge on any atom is 0.224 e. The Morgan fingerprint density at radius 2 is 0.962 bits per heavy atom. The van der Waals surface area contributed by atoms with Crippen LogP contribution in [0.3, 0.4) is 0 Å². The normalized spacial score (nSPS) is 34.1. The molecule has 4 atom stereocenters. The van der Waals surface area contributed by atoms with Gasteiger partial charge in [-0.15, -0.1) is 0 Å². The number of rotatable bonds is 2. The number of nitrogens with zero attached hydrogens (tertiary/aromatic N) is 2. The van der Waals surface area contributed by atoms with E-state index in [4.69, 9.17) is 32.7 Å². The van der Waals surface area contributed by atoms with Crippen molar-refractivity contribution < 1.29 is 19.1 Å². The second kappa shape index (κ2) is 7.50. The van der Waals surface area contributed by atoms with Crippen LogP contribution < -0.4 is 0 Å². The highest BCUT2D eigenvalue weighted by molar-refractivity contribution is 6.55. The van der Waals surface area contributed by atoms with Crippen LogP contribution in [0.15, 0.2) is 21.5 Å². The molecule has 0 bridgehead atoms. The zero-order chi connectivity index (χ0) is 19.2. The van der Waals surface area contributed by atoms with E-state index in [1.807, 2.05) is 37.5 Å².